The van der Waals surface area contributed by atoms with Gasteiger partial charge in [-0.2, -0.15) is 13.2 Å². The number of alkyl halides is 3. The Balaban J connectivity index is 2.63. The lowest BCUT2D eigenvalue weighted by Gasteiger charge is -2.10. The van der Waals surface area contributed by atoms with Crippen molar-refractivity contribution in [2.45, 2.75) is 19.6 Å². The molecule has 89 valence electrons. The van der Waals surface area contributed by atoms with Gasteiger partial charge in [-0.15, -0.1) is 0 Å². The second kappa shape index (κ2) is 4.07. The predicted octanol–water partition coefficient (Wildman–Crippen LogP) is 1.26. The van der Waals surface area contributed by atoms with Gasteiger partial charge in [0.25, 0.3) is 0 Å². The molecule has 0 saturated heterocycles. The van der Waals surface area contributed by atoms with E-state index in [-0.39, 0.29) is 5.69 Å². The first-order chi connectivity index (χ1) is 7.95. The van der Waals surface area contributed by atoms with Crippen molar-refractivity contribution in [2.75, 3.05) is 0 Å². The number of aromatic nitrogens is 2. The molecule has 7 heteroatoms. The molecule has 0 bridgehead atoms. The van der Waals surface area contributed by atoms with Gasteiger partial charge >= 0.3 is 13.7 Å². The molecule has 0 aliphatic carbocycles. The molecular weight excluding hydrogens is 232 g/mol. The highest BCUT2D eigenvalue weighted by atomic mass is 19.4. The van der Waals surface area contributed by atoms with E-state index in [0.29, 0.717) is 17.7 Å². The average Bonchev–Trinajstić information content (AvgIpc) is 2.70. The normalized spacial score (nSPS) is 12.1. The molecule has 3 nitrogen and oxygen atoms in total. The molecule has 0 atom stereocenters. The van der Waals surface area contributed by atoms with E-state index in [4.69, 9.17) is 5.02 Å². The topological polar surface area (TPSA) is 38.0 Å². The van der Waals surface area contributed by atoms with Crippen molar-refractivity contribution in [3.63, 3.8) is 0 Å². The van der Waals surface area contributed by atoms with Crippen LogP contribution in [0.1, 0.15) is 12.6 Å². The third-order valence-corrected chi connectivity index (χ3v) is 2.47. The highest BCUT2D eigenvalue weighted by Crippen LogP contribution is 2.33. The van der Waals surface area contributed by atoms with E-state index in [0.717, 1.165) is 13.5 Å². The summed E-state index contributed by atoms with van der Waals surface area (Å²) in [4.78, 5) is 3.52. The van der Waals surface area contributed by atoms with Gasteiger partial charge in [0.05, 0.1) is 11.4 Å². The quantitative estimate of drug-likeness (QED) is 0.804. The fourth-order valence-corrected chi connectivity index (χ4v) is 1.68. The zero-order valence-electron chi connectivity index (χ0n) is 8.99. The average molecular weight is 241 g/mol. The second-order valence-corrected chi connectivity index (χ2v) is 3.60. The largest absolute Gasteiger partial charge is 0.450 e. The smallest absolute Gasteiger partial charge is 0.433 e. The van der Waals surface area contributed by atoms with Crippen molar-refractivity contribution in [1.29, 1.82) is 0 Å². The van der Waals surface area contributed by atoms with E-state index in [9.17, 15) is 13.2 Å². The number of hydrogen-bond donors (Lipinski definition) is 1. The maximum Gasteiger partial charge on any atom is 0.433 e. The molecule has 0 saturated carbocycles. The van der Waals surface area contributed by atoms with Crippen LogP contribution in [0.5, 0.6) is 0 Å². The number of pyridine rings is 1. The summed E-state index contributed by atoms with van der Waals surface area (Å²) in [7, 11) is 0.841. The Kier molecular flexibility index (Phi) is 2.86. The summed E-state index contributed by atoms with van der Waals surface area (Å²) < 4.78 is 39.2. The fraction of sp³-hybridized carbons (Fsp3) is 0.300. The van der Waals surface area contributed by atoms with Crippen LogP contribution in [0.15, 0.2) is 18.3 Å². The van der Waals surface area contributed by atoms with E-state index >= 15 is 0 Å². The van der Waals surface area contributed by atoms with E-state index in [2.05, 4.69) is 4.98 Å². The lowest BCUT2D eigenvalue weighted by molar-refractivity contribution is -0.140. The molecule has 2 aliphatic rings. The molecular formula is C10H9BF3N2O. The van der Waals surface area contributed by atoms with Crippen molar-refractivity contribution in [3.05, 3.63) is 24.0 Å². The highest BCUT2D eigenvalue weighted by molar-refractivity contribution is 6.45. The predicted molar refractivity (Wildman–Crippen MR) is 57.1 cm³/mol. The van der Waals surface area contributed by atoms with Crippen LogP contribution < -0.4 is 5.46 Å². The molecule has 0 aromatic carbocycles. The van der Waals surface area contributed by atoms with Crippen LogP contribution in [0.25, 0.3) is 11.4 Å². The highest BCUT2D eigenvalue weighted by Gasteiger charge is 2.35. The summed E-state index contributed by atoms with van der Waals surface area (Å²) in [6, 6.07) is 2.43. The Morgan fingerprint density at radius 2 is 2.12 bits per heavy atom. The van der Waals surface area contributed by atoms with Gasteiger partial charge < -0.3 is 9.59 Å². The summed E-state index contributed by atoms with van der Waals surface area (Å²) >= 11 is 0. The second-order valence-electron chi connectivity index (χ2n) is 3.60. The van der Waals surface area contributed by atoms with Crippen molar-refractivity contribution in [1.82, 2.24) is 9.55 Å². The first-order valence-corrected chi connectivity index (χ1v) is 5.01. The van der Waals surface area contributed by atoms with Gasteiger partial charge in [-0.1, -0.05) is 0 Å². The summed E-state index contributed by atoms with van der Waals surface area (Å²) in [5, 5.41) is 8.90. The van der Waals surface area contributed by atoms with Gasteiger partial charge in [0.1, 0.15) is 5.69 Å². The molecule has 2 heterocycles. The Labute approximate surface area is 96.5 Å². The number of hydrogen-bond acceptors (Lipinski definition) is 2. The lowest BCUT2D eigenvalue weighted by atomic mass is 9.89. The molecule has 17 heavy (non-hydrogen) atoms. The minimum Gasteiger partial charge on any atom is -0.450 e. The van der Waals surface area contributed by atoms with Gasteiger partial charge in [0.15, 0.2) is 0 Å². The minimum absolute atomic E-state index is 0.224. The van der Waals surface area contributed by atoms with Crippen LogP contribution in [0.3, 0.4) is 0 Å². The number of halogens is 3. The summed E-state index contributed by atoms with van der Waals surface area (Å²) in [6.45, 7) is 2.31. The van der Waals surface area contributed by atoms with Gasteiger partial charge in [0, 0.05) is 12.7 Å². The third kappa shape index (κ3) is 2.15. The van der Waals surface area contributed by atoms with Gasteiger partial charge in [-0.3, -0.25) is 0 Å². The van der Waals surface area contributed by atoms with Crippen molar-refractivity contribution in [3.8, 4) is 11.4 Å². The standard InChI is InChI=1S/C10H9BF3N2O/c1-2-16-5-6(11-17)3-7-8(16)4-9(15-7)10(12,13)14/h3-5,17H,2H2,1H3. The first-order valence-electron chi connectivity index (χ1n) is 5.01. The number of nitrogens with zero attached hydrogens (tertiary/aromatic N) is 2. The molecule has 2 rings (SSSR count). The molecule has 0 aromatic rings. The summed E-state index contributed by atoms with van der Waals surface area (Å²) in [5.74, 6) is 0. The van der Waals surface area contributed by atoms with Crippen molar-refractivity contribution in [2.24, 2.45) is 0 Å². The molecule has 0 amide bonds. The molecule has 0 spiro atoms. The maximum atomic E-state index is 12.5. The first kappa shape index (κ1) is 12.0. The Morgan fingerprint density at radius 1 is 1.41 bits per heavy atom. The number of aryl methyl sites for hydroxylation is 1. The van der Waals surface area contributed by atoms with E-state index < -0.39 is 11.9 Å². The van der Waals surface area contributed by atoms with Crippen molar-refractivity contribution >= 4 is 12.9 Å². The zero-order chi connectivity index (χ0) is 12.6. The van der Waals surface area contributed by atoms with Crippen molar-refractivity contribution < 1.29 is 18.2 Å². The molecule has 1 radical (unpaired) electrons. The van der Waals surface area contributed by atoms with Crippen LogP contribution in [-0.4, -0.2) is 22.1 Å². The molecule has 0 aromatic heterocycles. The number of fused-ring (bicyclic) bond motifs is 1. The van der Waals surface area contributed by atoms with Gasteiger partial charge in [-0.05, 0) is 24.5 Å². The van der Waals surface area contributed by atoms with Gasteiger partial charge in [-0.25, -0.2) is 4.98 Å². The van der Waals surface area contributed by atoms with Crippen LogP contribution in [0.4, 0.5) is 13.2 Å². The Hall–Kier alpha value is -1.50. The lowest BCUT2D eigenvalue weighted by Crippen LogP contribution is -2.18. The zero-order valence-corrected chi connectivity index (χ0v) is 8.99. The summed E-state index contributed by atoms with van der Waals surface area (Å²) in [6.07, 6.45) is -2.88. The summed E-state index contributed by atoms with van der Waals surface area (Å²) in [5.41, 5.74) is 0.142. The van der Waals surface area contributed by atoms with Crippen LogP contribution >= 0.6 is 0 Å². The maximum absolute atomic E-state index is 12.5. The molecule has 2 aliphatic heterocycles. The van der Waals surface area contributed by atoms with Gasteiger partial charge in [0.2, 0.25) is 0 Å². The van der Waals surface area contributed by atoms with Crippen LogP contribution in [0.2, 0.25) is 0 Å². The van der Waals surface area contributed by atoms with Crippen LogP contribution in [-0.2, 0) is 12.7 Å². The number of rotatable bonds is 2. The van der Waals surface area contributed by atoms with E-state index in [1.165, 1.54) is 6.07 Å². The third-order valence-electron chi connectivity index (χ3n) is 2.47. The fourth-order valence-electron chi connectivity index (χ4n) is 1.68. The minimum atomic E-state index is -4.45. The Bertz CT molecular complexity index is 509. The van der Waals surface area contributed by atoms with E-state index in [1.807, 2.05) is 0 Å². The molecule has 1 N–H and O–H groups in total. The SMILES string of the molecule is CCn1cc([B]O)cc2nc(C(F)(F)F)cc1-2. The van der Waals surface area contributed by atoms with E-state index in [1.54, 1.807) is 17.7 Å². The molecule has 0 fully saturated rings. The monoisotopic (exact) mass is 241 g/mol. The molecule has 0 unspecified atom stereocenters. The van der Waals surface area contributed by atoms with Crippen LogP contribution in [0, 0.1) is 0 Å². The Morgan fingerprint density at radius 3 is 2.65 bits per heavy atom.